The Hall–Kier alpha value is -1.55. The first-order chi connectivity index (χ1) is 9.88. The lowest BCUT2D eigenvalue weighted by molar-refractivity contribution is 0.105. The van der Waals surface area contributed by atoms with Crippen LogP contribution in [0.3, 0.4) is 0 Å². The molecule has 1 unspecified atom stereocenters. The molecule has 2 rings (SSSR count). The molecule has 0 spiro atoms. The van der Waals surface area contributed by atoms with E-state index in [-0.39, 0.29) is 0 Å². The standard InChI is InChI=1S/C16H25N3O/c1-2-17-16(18-11-10-15-9-6-12-20-15)19-13-14-7-4-3-5-8-14/h3-5,7-8,15H,2,6,9-13H2,1H3,(H2,17,18,19). The summed E-state index contributed by atoms with van der Waals surface area (Å²) in [6.07, 6.45) is 3.88. The molecule has 0 radical (unpaired) electrons. The Labute approximate surface area is 121 Å². The minimum atomic E-state index is 0.430. The van der Waals surface area contributed by atoms with Crippen LogP contribution in [0.4, 0.5) is 0 Å². The van der Waals surface area contributed by atoms with Crippen molar-refractivity contribution in [3.05, 3.63) is 35.9 Å². The molecule has 2 N–H and O–H groups in total. The first-order valence-corrected chi connectivity index (χ1v) is 7.56. The summed E-state index contributed by atoms with van der Waals surface area (Å²) in [4.78, 5) is 4.60. The third kappa shape index (κ3) is 5.21. The Morgan fingerprint density at radius 2 is 2.15 bits per heavy atom. The highest BCUT2D eigenvalue weighted by Crippen LogP contribution is 2.14. The molecule has 0 aromatic heterocycles. The van der Waals surface area contributed by atoms with E-state index in [1.54, 1.807) is 0 Å². The van der Waals surface area contributed by atoms with E-state index >= 15 is 0 Å². The summed E-state index contributed by atoms with van der Waals surface area (Å²) in [7, 11) is 0. The average Bonchev–Trinajstić information content (AvgIpc) is 2.99. The normalized spacial score (nSPS) is 19.1. The monoisotopic (exact) mass is 275 g/mol. The Morgan fingerprint density at radius 1 is 1.30 bits per heavy atom. The molecule has 110 valence electrons. The van der Waals surface area contributed by atoms with Crippen molar-refractivity contribution < 1.29 is 4.74 Å². The number of benzene rings is 1. The van der Waals surface area contributed by atoms with E-state index in [1.165, 1.54) is 18.4 Å². The minimum Gasteiger partial charge on any atom is -0.378 e. The van der Waals surface area contributed by atoms with Crippen LogP contribution in [0.1, 0.15) is 31.7 Å². The number of aliphatic imine (C=N–C) groups is 1. The molecule has 1 fully saturated rings. The SMILES string of the molecule is CCNC(=NCc1ccccc1)NCCC1CCCO1. The minimum absolute atomic E-state index is 0.430. The first-order valence-electron chi connectivity index (χ1n) is 7.56. The molecule has 4 nitrogen and oxygen atoms in total. The second-order valence-corrected chi connectivity index (χ2v) is 5.03. The fraction of sp³-hybridized carbons (Fsp3) is 0.562. The van der Waals surface area contributed by atoms with E-state index in [2.05, 4.69) is 34.7 Å². The lowest BCUT2D eigenvalue weighted by Gasteiger charge is -2.13. The zero-order valence-corrected chi connectivity index (χ0v) is 12.3. The predicted octanol–water partition coefficient (Wildman–Crippen LogP) is 2.31. The molecule has 1 aliphatic heterocycles. The lowest BCUT2D eigenvalue weighted by Crippen LogP contribution is -2.38. The maximum absolute atomic E-state index is 5.62. The van der Waals surface area contributed by atoms with Crippen LogP contribution in [0.2, 0.25) is 0 Å². The van der Waals surface area contributed by atoms with E-state index in [4.69, 9.17) is 4.74 Å². The number of nitrogens with zero attached hydrogens (tertiary/aromatic N) is 1. The summed E-state index contributed by atoms with van der Waals surface area (Å²) in [5.41, 5.74) is 1.23. The highest BCUT2D eigenvalue weighted by atomic mass is 16.5. The van der Waals surface area contributed by atoms with E-state index in [0.29, 0.717) is 12.6 Å². The van der Waals surface area contributed by atoms with Gasteiger partial charge in [0.15, 0.2) is 5.96 Å². The van der Waals surface area contributed by atoms with Gasteiger partial charge in [0.1, 0.15) is 0 Å². The van der Waals surface area contributed by atoms with Crippen LogP contribution in [0, 0.1) is 0 Å². The third-order valence-electron chi connectivity index (χ3n) is 3.39. The van der Waals surface area contributed by atoms with Crippen LogP contribution in [0.5, 0.6) is 0 Å². The van der Waals surface area contributed by atoms with Crippen LogP contribution in [-0.4, -0.2) is 31.8 Å². The zero-order valence-electron chi connectivity index (χ0n) is 12.3. The largest absolute Gasteiger partial charge is 0.378 e. The molecule has 0 bridgehead atoms. The van der Waals surface area contributed by atoms with E-state index in [1.807, 2.05) is 18.2 Å². The fourth-order valence-electron chi connectivity index (χ4n) is 2.32. The topological polar surface area (TPSA) is 45.7 Å². The van der Waals surface area contributed by atoms with Crippen molar-refractivity contribution in [3.63, 3.8) is 0 Å². The highest BCUT2D eigenvalue weighted by molar-refractivity contribution is 5.79. The van der Waals surface area contributed by atoms with Crippen LogP contribution in [0.15, 0.2) is 35.3 Å². The van der Waals surface area contributed by atoms with Gasteiger partial charge in [-0.3, -0.25) is 0 Å². The van der Waals surface area contributed by atoms with Crippen LogP contribution >= 0.6 is 0 Å². The van der Waals surface area contributed by atoms with E-state index < -0.39 is 0 Å². The molecule has 1 heterocycles. The van der Waals surface area contributed by atoms with Gasteiger partial charge in [0.05, 0.1) is 12.6 Å². The molecule has 0 aliphatic carbocycles. The third-order valence-corrected chi connectivity index (χ3v) is 3.39. The zero-order chi connectivity index (χ0) is 14.0. The molecule has 1 atom stereocenters. The van der Waals surface area contributed by atoms with Gasteiger partial charge in [-0.25, -0.2) is 4.99 Å². The number of ether oxygens (including phenoxy) is 1. The number of nitrogens with one attached hydrogen (secondary N) is 2. The van der Waals surface area contributed by atoms with Gasteiger partial charge in [0, 0.05) is 19.7 Å². The van der Waals surface area contributed by atoms with Gasteiger partial charge in [-0.15, -0.1) is 0 Å². The van der Waals surface area contributed by atoms with Crippen molar-refractivity contribution in [1.82, 2.24) is 10.6 Å². The second kappa shape index (κ2) is 8.59. The Morgan fingerprint density at radius 3 is 2.85 bits per heavy atom. The van der Waals surface area contributed by atoms with Gasteiger partial charge in [-0.2, -0.15) is 0 Å². The van der Waals surface area contributed by atoms with Gasteiger partial charge in [-0.05, 0) is 31.7 Å². The molecule has 1 aromatic rings. The number of guanidine groups is 1. The van der Waals surface area contributed by atoms with Gasteiger partial charge in [-0.1, -0.05) is 30.3 Å². The molecular weight excluding hydrogens is 250 g/mol. The Bertz CT molecular complexity index is 399. The number of hydrogen-bond acceptors (Lipinski definition) is 2. The average molecular weight is 275 g/mol. The number of rotatable bonds is 6. The summed E-state index contributed by atoms with van der Waals surface area (Å²) in [5.74, 6) is 0.884. The quantitative estimate of drug-likeness (QED) is 0.618. The van der Waals surface area contributed by atoms with Crippen molar-refractivity contribution in [2.24, 2.45) is 4.99 Å². The molecule has 0 amide bonds. The van der Waals surface area contributed by atoms with Crippen molar-refractivity contribution in [2.45, 2.75) is 38.8 Å². The Balaban J connectivity index is 1.76. The van der Waals surface area contributed by atoms with Crippen LogP contribution in [-0.2, 0) is 11.3 Å². The molecule has 1 aliphatic rings. The maximum Gasteiger partial charge on any atom is 0.191 e. The van der Waals surface area contributed by atoms with Crippen LogP contribution in [0.25, 0.3) is 0 Å². The van der Waals surface area contributed by atoms with Gasteiger partial charge in [0.25, 0.3) is 0 Å². The molecule has 1 saturated heterocycles. The summed E-state index contributed by atoms with van der Waals surface area (Å²) in [6, 6.07) is 10.3. The summed E-state index contributed by atoms with van der Waals surface area (Å²) in [6.45, 7) is 5.49. The summed E-state index contributed by atoms with van der Waals surface area (Å²) >= 11 is 0. The predicted molar refractivity (Wildman–Crippen MR) is 82.9 cm³/mol. The van der Waals surface area contributed by atoms with Crippen molar-refractivity contribution in [3.8, 4) is 0 Å². The molecule has 4 heteroatoms. The summed E-state index contributed by atoms with van der Waals surface area (Å²) < 4.78 is 5.62. The van der Waals surface area contributed by atoms with Crippen molar-refractivity contribution in [1.29, 1.82) is 0 Å². The van der Waals surface area contributed by atoms with Crippen molar-refractivity contribution in [2.75, 3.05) is 19.7 Å². The van der Waals surface area contributed by atoms with E-state index in [9.17, 15) is 0 Å². The fourth-order valence-corrected chi connectivity index (χ4v) is 2.32. The van der Waals surface area contributed by atoms with E-state index in [0.717, 1.165) is 32.1 Å². The highest BCUT2D eigenvalue weighted by Gasteiger charge is 2.14. The van der Waals surface area contributed by atoms with Crippen molar-refractivity contribution >= 4 is 5.96 Å². The maximum atomic E-state index is 5.62. The molecule has 1 aromatic carbocycles. The Kier molecular flexibility index (Phi) is 6.38. The first kappa shape index (κ1) is 14.9. The number of hydrogen-bond donors (Lipinski definition) is 2. The smallest absolute Gasteiger partial charge is 0.191 e. The molecule has 0 saturated carbocycles. The lowest BCUT2D eigenvalue weighted by atomic mass is 10.2. The second-order valence-electron chi connectivity index (χ2n) is 5.03. The molecule has 20 heavy (non-hydrogen) atoms. The van der Waals surface area contributed by atoms with Gasteiger partial charge in [0.2, 0.25) is 0 Å². The van der Waals surface area contributed by atoms with Gasteiger partial charge < -0.3 is 15.4 Å². The van der Waals surface area contributed by atoms with Gasteiger partial charge >= 0.3 is 0 Å². The summed E-state index contributed by atoms with van der Waals surface area (Å²) in [5, 5.41) is 6.65. The molecular formula is C16H25N3O. The van der Waals surface area contributed by atoms with Crippen LogP contribution < -0.4 is 10.6 Å².